The lowest BCUT2D eigenvalue weighted by molar-refractivity contribution is -0.0163. The maximum absolute atomic E-state index is 12.4. The van der Waals surface area contributed by atoms with Gasteiger partial charge in [-0.25, -0.2) is 8.42 Å². The molecule has 0 aliphatic carbocycles. The molecular weight excluding hydrogens is 370 g/mol. The molecule has 2 heterocycles. The molecule has 0 aromatic rings. The first-order valence-electron chi connectivity index (χ1n) is 9.67. The van der Waals surface area contributed by atoms with Crippen LogP contribution in [-0.2, 0) is 19.5 Å². The number of nitrogens with one attached hydrogen (secondary N) is 1. The maximum Gasteiger partial charge on any atom is 0.216 e. The minimum absolute atomic E-state index is 0.0324. The van der Waals surface area contributed by atoms with Crippen LogP contribution in [0.25, 0.3) is 0 Å². The van der Waals surface area contributed by atoms with Crippen molar-refractivity contribution in [2.75, 3.05) is 78.9 Å². The maximum atomic E-state index is 12.4. The Morgan fingerprint density at radius 3 is 2.56 bits per heavy atom. The van der Waals surface area contributed by atoms with Gasteiger partial charge >= 0.3 is 0 Å². The Kier molecular flexibility index (Phi) is 8.74. The molecule has 9 nitrogen and oxygen atoms in total. The molecule has 0 bridgehead atoms. The van der Waals surface area contributed by atoms with Gasteiger partial charge in [0, 0.05) is 52.9 Å². The summed E-state index contributed by atoms with van der Waals surface area (Å²) in [6.45, 7) is 9.52. The highest BCUT2D eigenvalue weighted by molar-refractivity contribution is 7.89. The second-order valence-electron chi connectivity index (χ2n) is 7.30. The first-order chi connectivity index (χ1) is 12.8. The smallest absolute Gasteiger partial charge is 0.216 e. The topological polar surface area (TPSA) is 86.7 Å². The van der Waals surface area contributed by atoms with Crippen molar-refractivity contribution < 1.29 is 17.9 Å². The molecule has 1 unspecified atom stereocenters. The van der Waals surface area contributed by atoms with Gasteiger partial charge in [0.2, 0.25) is 10.0 Å². The number of likely N-dealkylation sites (N-methyl/N-ethyl adjacent to an activating group) is 1. The van der Waals surface area contributed by atoms with Crippen molar-refractivity contribution in [2.24, 2.45) is 4.99 Å². The normalized spacial score (nSPS) is 23.8. The minimum atomic E-state index is -3.27. The third kappa shape index (κ3) is 7.19. The molecule has 2 fully saturated rings. The Morgan fingerprint density at radius 1 is 1.26 bits per heavy atom. The van der Waals surface area contributed by atoms with Crippen LogP contribution in [-0.4, -0.2) is 120 Å². The number of hydrogen-bond acceptors (Lipinski definition) is 6. The lowest BCUT2D eigenvalue weighted by Gasteiger charge is -2.37. The van der Waals surface area contributed by atoms with Gasteiger partial charge in [0.05, 0.1) is 31.2 Å². The average Bonchev–Trinajstić information content (AvgIpc) is 2.62. The summed E-state index contributed by atoms with van der Waals surface area (Å²) >= 11 is 0. The number of ether oxygens (including phenoxy) is 2. The molecule has 0 amide bonds. The molecular formula is C17H35N5O4S. The SMILES string of the molecule is CN=C(NCC1CN(C)CCO1)N1CCN(S(=O)(=O)CCOC(C)C)CC1. The molecule has 2 aliphatic rings. The summed E-state index contributed by atoms with van der Waals surface area (Å²) in [7, 11) is 0.571. The Morgan fingerprint density at radius 2 is 1.96 bits per heavy atom. The summed E-state index contributed by atoms with van der Waals surface area (Å²) < 4.78 is 37.6. The fourth-order valence-electron chi connectivity index (χ4n) is 3.22. The number of hydrogen-bond donors (Lipinski definition) is 1. The number of morpholine rings is 1. The highest BCUT2D eigenvalue weighted by Gasteiger charge is 2.28. The van der Waals surface area contributed by atoms with Gasteiger partial charge < -0.3 is 24.6 Å². The number of guanidine groups is 1. The summed E-state index contributed by atoms with van der Waals surface area (Å²) in [5.41, 5.74) is 0. The van der Waals surface area contributed by atoms with E-state index in [0.29, 0.717) is 32.7 Å². The van der Waals surface area contributed by atoms with E-state index in [2.05, 4.69) is 27.2 Å². The molecule has 2 aliphatic heterocycles. The third-order valence-corrected chi connectivity index (χ3v) is 6.60. The van der Waals surface area contributed by atoms with Crippen molar-refractivity contribution in [3.63, 3.8) is 0 Å². The molecule has 0 aromatic heterocycles. The number of aliphatic imine (C=N–C) groups is 1. The van der Waals surface area contributed by atoms with Crippen molar-refractivity contribution in [3.8, 4) is 0 Å². The Labute approximate surface area is 163 Å². The fraction of sp³-hybridized carbons (Fsp3) is 0.941. The Bertz CT molecular complexity index is 576. The van der Waals surface area contributed by atoms with Crippen LogP contribution < -0.4 is 5.32 Å². The standard InChI is InChI=1S/C17H35N5O4S/c1-15(2)25-11-12-27(23,24)22-7-5-21(6-8-22)17(18-3)19-13-16-14-20(4)9-10-26-16/h15-16H,5-14H2,1-4H3,(H,18,19). The monoisotopic (exact) mass is 405 g/mol. The summed E-state index contributed by atoms with van der Waals surface area (Å²) in [5.74, 6) is 0.831. The van der Waals surface area contributed by atoms with Gasteiger partial charge in [0.15, 0.2) is 5.96 Å². The zero-order valence-corrected chi connectivity index (χ0v) is 17.9. The van der Waals surface area contributed by atoms with Crippen LogP contribution in [0.4, 0.5) is 0 Å². The van der Waals surface area contributed by atoms with E-state index in [0.717, 1.165) is 25.7 Å². The molecule has 0 radical (unpaired) electrons. The van der Waals surface area contributed by atoms with Crippen molar-refractivity contribution in [3.05, 3.63) is 0 Å². The zero-order chi connectivity index (χ0) is 19.9. The number of nitrogens with zero attached hydrogens (tertiary/aromatic N) is 4. The highest BCUT2D eigenvalue weighted by atomic mass is 32.2. The lowest BCUT2D eigenvalue weighted by Crippen LogP contribution is -2.55. The van der Waals surface area contributed by atoms with Gasteiger partial charge in [-0.3, -0.25) is 4.99 Å². The van der Waals surface area contributed by atoms with Crippen LogP contribution in [0.3, 0.4) is 0 Å². The van der Waals surface area contributed by atoms with Crippen LogP contribution >= 0.6 is 0 Å². The van der Waals surface area contributed by atoms with Crippen molar-refractivity contribution in [1.82, 2.24) is 19.4 Å². The summed E-state index contributed by atoms with van der Waals surface area (Å²) in [5, 5.41) is 3.37. The van der Waals surface area contributed by atoms with Crippen LogP contribution in [0.15, 0.2) is 4.99 Å². The molecule has 10 heteroatoms. The zero-order valence-electron chi connectivity index (χ0n) is 17.1. The molecule has 158 valence electrons. The average molecular weight is 406 g/mol. The number of rotatable bonds is 7. The number of sulfonamides is 1. The predicted octanol–water partition coefficient (Wildman–Crippen LogP) is -0.735. The lowest BCUT2D eigenvalue weighted by atomic mass is 10.3. The van der Waals surface area contributed by atoms with Crippen LogP contribution in [0.2, 0.25) is 0 Å². The molecule has 27 heavy (non-hydrogen) atoms. The Balaban J connectivity index is 1.77. The van der Waals surface area contributed by atoms with Gasteiger partial charge in [-0.05, 0) is 20.9 Å². The Hall–Kier alpha value is -0.940. The molecule has 0 spiro atoms. The van der Waals surface area contributed by atoms with Crippen molar-refractivity contribution in [2.45, 2.75) is 26.1 Å². The van der Waals surface area contributed by atoms with Gasteiger partial charge in [-0.2, -0.15) is 4.31 Å². The molecule has 2 saturated heterocycles. The van der Waals surface area contributed by atoms with E-state index in [9.17, 15) is 8.42 Å². The summed E-state index contributed by atoms with van der Waals surface area (Å²) in [6, 6.07) is 0. The van der Waals surface area contributed by atoms with Crippen LogP contribution in [0.5, 0.6) is 0 Å². The molecule has 0 saturated carbocycles. The van der Waals surface area contributed by atoms with Crippen LogP contribution in [0, 0.1) is 0 Å². The van der Waals surface area contributed by atoms with E-state index < -0.39 is 10.0 Å². The first kappa shape index (κ1) is 22.4. The fourth-order valence-corrected chi connectivity index (χ4v) is 4.51. The molecule has 2 rings (SSSR count). The summed E-state index contributed by atoms with van der Waals surface area (Å²) in [4.78, 5) is 8.70. The molecule has 1 N–H and O–H groups in total. The van der Waals surface area contributed by atoms with Gasteiger partial charge in [-0.15, -0.1) is 0 Å². The van der Waals surface area contributed by atoms with Gasteiger partial charge in [0.25, 0.3) is 0 Å². The molecule has 1 atom stereocenters. The largest absolute Gasteiger partial charge is 0.378 e. The predicted molar refractivity (Wildman–Crippen MR) is 107 cm³/mol. The van der Waals surface area contributed by atoms with E-state index >= 15 is 0 Å². The van der Waals surface area contributed by atoms with E-state index in [1.165, 1.54) is 0 Å². The van der Waals surface area contributed by atoms with Gasteiger partial charge in [0.1, 0.15) is 0 Å². The van der Waals surface area contributed by atoms with Crippen LogP contribution in [0.1, 0.15) is 13.8 Å². The second-order valence-corrected chi connectivity index (χ2v) is 9.39. The van der Waals surface area contributed by atoms with Crippen molar-refractivity contribution >= 4 is 16.0 Å². The van der Waals surface area contributed by atoms with E-state index in [-0.39, 0.29) is 24.6 Å². The quantitative estimate of drug-likeness (QED) is 0.441. The van der Waals surface area contributed by atoms with E-state index in [1.807, 2.05) is 13.8 Å². The third-order valence-electron chi connectivity index (χ3n) is 4.77. The summed E-state index contributed by atoms with van der Waals surface area (Å²) in [6.07, 6.45) is 0.183. The van der Waals surface area contributed by atoms with E-state index in [1.54, 1.807) is 11.4 Å². The highest BCUT2D eigenvalue weighted by Crippen LogP contribution is 2.09. The second kappa shape index (κ2) is 10.6. The van der Waals surface area contributed by atoms with E-state index in [4.69, 9.17) is 9.47 Å². The first-order valence-corrected chi connectivity index (χ1v) is 11.3. The molecule has 0 aromatic carbocycles. The minimum Gasteiger partial charge on any atom is -0.378 e. The van der Waals surface area contributed by atoms with Crippen molar-refractivity contribution in [1.29, 1.82) is 0 Å². The van der Waals surface area contributed by atoms with Gasteiger partial charge in [-0.1, -0.05) is 0 Å². The number of piperazine rings is 1.